The van der Waals surface area contributed by atoms with Gasteiger partial charge >= 0.3 is 6.09 Å². The highest BCUT2D eigenvalue weighted by atomic mass is 16.6. The van der Waals surface area contributed by atoms with Crippen molar-refractivity contribution in [2.45, 2.75) is 51.5 Å². The largest absolute Gasteiger partial charge is 0.444 e. The molecule has 15 heavy (non-hydrogen) atoms. The van der Waals surface area contributed by atoms with Crippen LogP contribution in [0.5, 0.6) is 0 Å². The van der Waals surface area contributed by atoms with E-state index in [0.717, 1.165) is 0 Å². The minimum absolute atomic E-state index is 0.194. The number of piperidine rings is 1. The number of carbonyl (C=O) groups excluding carboxylic acids is 1. The normalized spacial score (nSPS) is 27.7. The second-order valence-corrected chi connectivity index (χ2v) is 4.83. The number of likely N-dealkylation sites (tertiary alicyclic amines) is 1. The van der Waals surface area contributed by atoms with E-state index in [1.54, 1.807) is 20.8 Å². The van der Waals surface area contributed by atoms with Crippen LogP contribution < -0.4 is 0 Å². The van der Waals surface area contributed by atoms with Crippen molar-refractivity contribution in [3.63, 3.8) is 0 Å². The molecule has 1 saturated heterocycles. The second kappa shape index (κ2) is 4.37. The van der Waals surface area contributed by atoms with Crippen LogP contribution in [-0.4, -0.2) is 45.7 Å². The molecule has 1 amide bonds. The van der Waals surface area contributed by atoms with Gasteiger partial charge in [-0.25, -0.2) is 4.79 Å². The Hall–Kier alpha value is -0.810. The van der Waals surface area contributed by atoms with E-state index in [1.807, 2.05) is 0 Å². The molecule has 0 radical (unpaired) electrons. The molecule has 1 heterocycles. The maximum absolute atomic E-state index is 11.6. The van der Waals surface area contributed by atoms with Crippen LogP contribution in [0.2, 0.25) is 0 Å². The first-order valence-corrected chi connectivity index (χ1v) is 5.15. The van der Waals surface area contributed by atoms with Gasteiger partial charge in [-0.1, -0.05) is 0 Å². The molecule has 0 saturated carbocycles. The summed E-state index contributed by atoms with van der Waals surface area (Å²) in [7, 11) is 0. The SMILES string of the molecule is CC(C)(C)OC(=O)N1CCC(O)CC1O. The summed E-state index contributed by atoms with van der Waals surface area (Å²) in [4.78, 5) is 12.8. The summed E-state index contributed by atoms with van der Waals surface area (Å²) in [5.41, 5.74) is -0.563. The Bertz CT molecular complexity index is 236. The zero-order chi connectivity index (χ0) is 11.6. The molecule has 1 aliphatic rings. The molecule has 5 heteroatoms. The lowest BCUT2D eigenvalue weighted by Gasteiger charge is -2.35. The number of rotatable bonds is 0. The van der Waals surface area contributed by atoms with Gasteiger partial charge in [0.1, 0.15) is 11.8 Å². The minimum Gasteiger partial charge on any atom is -0.444 e. The number of aliphatic hydroxyl groups is 2. The lowest BCUT2D eigenvalue weighted by Crippen LogP contribution is -2.49. The molecule has 2 atom stereocenters. The van der Waals surface area contributed by atoms with Gasteiger partial charge in [-0.15, -0.1) is 0 Å². The van der Waals surface area contributed by atoms with Crippen molar-refractivity contribution in [3.05, 3.63) is 0 Å². The van der Waals surface area contributed by atoms with Crippen molar-refractivity contribution < 1.29 is 19.7 Å². The summed E-state index contributed by atoms with van der Waals surface area (Å²) in [6, 6.07) is 0. The van der Waals surface area contributed by atoms with E-state index in [9.17, 15) is 15.0 Å². The van der Waals surface area contributed by atoms with Crippen molar-refractivity contribution >= 4 is 6.09 Å². The van der Waals surface area contributed by atoms with E-state index in [4.69, 9.17) is 4.74 Å². The number of aliphatic hydroxyl groups excluding tert-OH is 2. The fourth-order valence-electron chi connectivity index (χ4n) is 1.46. The topological polar surface area (TPSA) is 70.0 Å². The molecule has 1 fully saturated rings. The highest BCUT2D eigenvalue weighted by molar-refractivity contribution is 5.68. The van der Waals surface area contributed by atoms with Gasteiger partial charge in [0.25, 0.3) is 0 Å². The van der Waals surface area contributed by atoms with Crippen molar-refractivity contribution in [1.29, 1.82) is 0 Å². The second-order valence-electron chi connectivity index (χ2n) is 4.83. The van der Waals surface area contributed by atoms with Gasteiger partial charge < -0.3 is 14.9 Å². The highest BCUT2D eigenvalue weighted by Gasteiger charge is 2.32. The zero-order valence-electron chi connectivity index (χ0n) is 9.43. The summed E-state index contributed by atoms with van der Waals surface area (Å²) in [6.45, 7) is 5.65. The zero-order valence-corrected chi connectivity index (χ0v) is 9.43. The number of hydrogen-bond acceptors (Lipinski definition) is 4. The minimum atomic E-state index is -0.941. The molecule has 88 valence electrons. The van der Waals surface area contributed by atoms with E-state index < -0.39 is 24.0 Å². The van der Waals surface area contributed by atoms with Gasteiger partial charge in [0.2, 0.25) is 0 Å². The average molecular weight is 217 g/mol. The summed E-state index contributed by atoms with van der Waals surface area (Å²) in [5, 5.41) is 18.8. The molecule has 2 unspecified atom stereocenters. The highest BCUT2D eigenvalue weighted by Crippen LogP contribution is 2.18. The fraction of sp³-hybridized carbons (Fsp3) is 0.900. The molecule has 0 aromatic rings. The molecule has 2 N–H and O–H groups in total. The van der Waals surface area contributed by atoms with E-state index in [0.29, 0.717) is 13.0 Å². The van der Waals surface area contributed by atoms with Crippen molar-refractivity contribution in [3.8, 4) is 0 Å². The maximum Gasteiger partial charge on any atom is 0.412 e. The van der Waals surface area contributed by atoms with Gasteiger partial charge in [0.15, 0.2) is 0 Å². The van der Waals surface area contributed by atoms with Crippen LogP contribution in [0.3, 0.4) is 0 Å². The van der Waals surface area contributed by atoms with E-state index in [2.05, 4.69) is 0 Å². The van der Waals surface area contributed by atoms with E-state index >= 15 is 0 Å². The van der Waals surface area contributed by atoms with Crippen LogP contribution in [-0.2, 0) is 4.74 Å². The summed E-state index contributed by atoms with van der Waals surface area (Å²) < 4.78 is 5.13. The Morgan fingerprint density at radius 3 is 2.47 bits per heavy atom. The lowest BCUT2D eigenvalue weighted by molar-refractivity contribution is -0.0727. The first-order valence-electron chi connectivity index (χ1n) is 5.15. The standard InChI is InChI=1S/C10H19NO4/c1-10(2,3)15-9(14)11-5-4-7(12)6-8(11)13/h7-8,12-13H,4-6H2,1-3H3. The molecule has 0 aromatic carbocycles. The first-order chi connectivity index (χ1) is 6.79. The molecule has 0 aliphatic carbocycles. The predicted octanol–water partition coefficient (Wildman–Crippen LogP) is 0.697. The van der Waals surface area contributed by atoms with Crippen molar-refractivity contribution in [1.82, 2.24) is 4.90 Å². The average Bonchev–Trinajstić information content (AvgIpc) is 1.99. The summed E-state index contributed by atoms with van der Waals surface area (Å²) in [6.07, 6.45) is -1.32. The Balaban J connectivity index is 2.53. The van der Waals surface area contributed by atoms with Crippen LogP contribution in [0, 0.1) is 0 Å². The molecule has 0 spiro atoms. The van der Waals surface area contributed by atoms with Crippen molar-refractivity contribution in [2.75, 3.05) is 6.54 Å². The van der Waals surface area contributed by atoms with Crippen LogP contribution in [0.15, 0.2) is 0 Å². The first kappa shape index (κ1) is 12.3. The molecule has 0 bridgehead atoms. The number of nitrogens with zero attached hydrogens (tertiary/aromatic N) is 1. The molecule has 1 aliphatic heterocycles. The van der Waals surface area contributed by atoms with Crippen LogP contribution in [0.1, 0.15) is 33.6 Å². The molecular weight excluding hydrogens is 198 g/mol. The predicted molar refractivity (Wildman–Crippen MR) is 54.2 cm³/mol. The van der Waals surface area contributed by atoms with Gasteiger partial charge in [-0.2, -0.15) is 0 Å². The fourth-order valence-corrected chi connectivity index (χ4v) is 1.46. The number of ether oxygens (including phenoxy) is 1. The third kappa shape index (κ3) is 3.68. The molecule has 0 aromatic heterocycles. The van der Waals surface area contributed by atoms with Crippen LogP contribution in [0.4, 0.5) is 4.79 Å². The number of amides is 1. The molecule has 1 rings (SSSR count). The third-order valence-corrected chi connectivity index (χ3v) is 2.17. The molecule has 5 nitrogen and oxygen atoms in total. The third-order valence-electron chi connectivity index (χ3n) is 2.17. The van der Waals surface area contributed by atoms with Crippen LogP contribution >= 0.6 is 0 Å². The van der Waals surface area contributed by atoms with Gasteiger partial charge in [-0.3, -0.25) is 4.90 Å². The van der Waals surface area contributed by atoms with E-state index in [-0.39, 0.29) is 6.42 Å². The Morgan fingerprint density at radius 2 is 2.00 bits per heavy atom. The van der Waals surface area contributed by atoms with E-state index in [1.165, 1.54) is 4.90 Å². The molecular formula is C10H19NO4. The van der Waals surface area contributed by atoms with Gasteiger partial charge in [0, 0.05) is 13.0 Å². The quantitative estimate of drug-likeness (QED) is 0.626. The Morgan fingerprint density at radius 1 is 1.40 bits per heavy atom. The monoisotopic (exact) mass is 217 g/mol. The Labute approximate surface area is 89.6 Å². The lowest BCUT2D eigenvalue weighted by atomic mass is 10.1. The summed E-state index contributed by atoms with van der Waals surface area (Å²) >= 11 is 0. The van der Waals surface area contributed by atoms with Gasteiger partial charge in [-0.05, 0) is 27.2 Å². The number of hydrogen-bond donors (Lipinski definition) is 2. The van der Waals surface area contributed by atoms with Gasteiger partial charge in [0.05, 0.1) is 6.10 Å². The summed E-state index contributed by atoms with van der Waals surface area (Å²) in [5.74, 6) is 0. The smallest absolute Gasteiger partial charge is 0.412 e. The maximum atomic E-state index is 11.6. The van der Waals surface area contributed by atoms with Crippen molar-refractivity contribution in [2.24, 2.45) is 0 Å². The van der Waals surface area contributed by atoms with Crippen LogP contribution in [0.25, 0.3) is 0 Å². The number of carbonyl (C=O) groups is 1. The Kier molecular flexibility index (Phi) is 3.57.